The topological polar surface area (TPSA) is 84.9 Å². The molecule has 0 aliphatic rings. The van der Waals surface area contributed by atoms with E-state index in [-0.39, 0.29) is 18.4 Å². The number of amides is 2. The number of carbonyl (C=O) groups is 3. The summed E-state index contributed by atoms with van der Waals surface area (Å²) in [6.07, 6.45) is 0. The smallest absolute Gasteiger partial charge is 0.329 e. The third-order valence-electron chi connectivity index (χ3n) is 3.40. The summed E-state index contributed by atoms with van der Waals surface area (Å²) in [5, 5.41) is 2.64. The lowest BCUT2D eigenvalue weighted by atomic mass is 10.0. The van der Waals surface area contributed by atoms with E-state index in [1.807, 2.05) is 0 Å². The lowest BCUT2D eigenvalue weighted by Gasteiger charge is -2.21. The molecule has 0 spiro atoms. The molecule has 0 aliphatic heterocycles. The molecule has 1 aromatic rings. The standard InChI is InChI=1S/C17H24N2O5/c1-11(2)15(17(22)24-10-14(20)19(3)4)18-16(21)12-8-6-7-9-13(12)23-5/h6-9,11,15H,10H2,1-5H3,(H,18,21)/t15-/m0/s1. The highest BCUT2D eigenvalue weighted by molar-refractivity contribution is 5.99. The molecule has 0 heterocycles. The van der Waals surface area contributed by atoms with E-state index in [9.17, 15) is 14.4 Å². The van der Waals surface area contributed by atoms with Crippen LogP contribution in [0.3, 0.4) is 0 Å². The number of nitrogens with one attached hydrogen (secondary N) is 1. The molecule has 1 atom stereocenters. The van der Waals surface area contributed by atoms with Crippen LogP contribution < -0.4 is 10.1 Å². The molecular weight excluding hydrogens is 312 g/mol. The summed E-state index contributed by atoms with van der Waals surface area (Å²) in [5.41, 5.74) is 0.322. The zero-order valence-electron chi connectivity index (χ0n) is 14.7. The molecule has 0 saturated carbocycles. The van der Waals surface area contributed by atoms with Crippen molar-refractivity contribution in [2.24, 2.45) is 5.92 Å². The first-order chi connectivity index (χ1) is 11.3. The Bertz CT molecular complexity index is 598. The minimum absolute atomic E-state index is 0.203. The van der Waals surface area contributed by atoms with Gasteiger partial charge in [0, 0.05) is 14.1 Å². The summed E-state index contributed by atoms with van der Waals surface area (Å²) in [6, 6.07) is 5.85. The van der Waals surface area contributed by atoms with Crippen molar-refractivity contribution >= 4 is 17.8 Å². The van der Waals surface area contributed by atoms with Crippen LogP contribution in [0.1, 0.15) is 24.2 Å². The van der Waals surface area contributed by atoms with Gasteiger partial charge in [0.1, 0.15) is 11.8 Å². The molecule has 0 bridgehead atoms. The molecule has 0 fully saturated rings. The van der Waals surface area contributed by atoms with Gasteiger partial charge in [-0.3, -0.25) is 9.59 Å². The van der Waals surface area contributed by atoms with E-state index in [0.29, 0.717) is 11.3 Å². The third kappa shape index (κ3) is 5.26. The molecule has 0 unspecified atom stereocenters. The van der Waals surface area contributed by atoms with Gasteiger partial charge in [-0.15, -0.1) is 0 Å². The predicted octanol–water partition coefficient (Wildman–Crippen LogP) is 1.08. The number of hydrogen-bond donors (Lipinski definition) is 1. The van der Waals surface area contributed by atoms with E-state index >= 15 is 0 Å². The fraction of sp³-hybridized carbons (Fsp3) is 0.471. The van der Waals surface area contributed by atoms with Crippen molar-refractivity contribution < 1.29 is 23.9 Å². The Balaban J connectivity index is 2.80. The van der Waals surface area contributed by atoms with Gasteiger partial charge in [-0.2, -0.15) is 0 Å². The number of carbonyl (C=O) groups excluding carboxylic acids is 3. The van der Waals surface area contributed by atoms with Crippen LogP contribution in [-0.4, -0.2) is 56.5 Å². The second-order valence-electron chi connectivity index (χ2n) is 5.79. The molecular formula is C17H24N2O5. The van der Waals surface area contributed by atoms with Gasteiger partial charge in [0.2, 0.25) is 0 Å². The molecule has 0 saturated heterocycles. The summed E-state index contributed by atoms with van der Waals surface area (Å²) in [7, 11) is 4.60. The molecule has 132 valence electrons. The van der Waals surface area contributed by atoms with Crippen molar-refractivity contribution in [1.82, 2.24) is 10.2 Å². The van der Waals surface area contributed by atoms with E-state index in [1.165, 1.54) is 12.0 Å². The number of methoxy groups -OCH3 is 1. The SMILES string of the molecule is COc1ccccc1C(=O)N[C@H](C(=O)OCC(=O)N(C)C)C(C)C. The summed E-state index contributed by atoms with van der Waals surface area (Å²) in [6.45, 7) is 3.20. The third-order valence-corrected chi connectivity index (χ3v) is 3.40. The fourth-order valence-corrected chi connectivity index (χ4v) is 1.90. The highest BCUT2D eigenvalue weighted by atomic mass is 16.5. The number of hydrogen-bond acceptors (Lipinski definition) is 5. The summed E-state index contributed by atoms with van der Waals surface area (Å²) < 4.78 is 10.2. The van der Waals surface area contributed by atoms with E-state index in [0.717, 1.165) is 0 Å². The van der Waals surface area contributed by atoms with Gasteiger partial charge in [-0.05, 0) is 18.1 Å². The minimum atomic E-state index is -0.864. The second kappa shape index (κ2) is 8.90. The number of para-hydroxylation sites is 1. The number of esters is 1. The van der Waals surface area contributed by atoms with E-state index in [1.54, 1.807) is 52.2 Å². The minimum Gasteiger partial charge on any atom is -0.496 e. The van der Waals surface area contributed by atoms with Crippen LogP contribution in [0.25, 0.3) is 0 Å². The van der Waals surface area contributed by atoms with Gasteiger partial charge < -0.3 is 19.7 Å². The molecule has 1 N–H and O–H groups in total. The monoisotopic (exact) mass is 336 g/mol. The van der Waals surface area contributed by atoms with Crippen LogP contribution in [0.15, 0.2) is 24.3 Å². The number of ether oxygens (including phenoxy) is 2. The zero-order chi connectivity index (χ0) is 18.3. The van der Waals surface area contributed by atoms with E-state index < -0.39 is 17.9 Å². The second-order valence-corrected chi connectivity index (χ2v) is 5.79. The average molecular weight is 336 g/mol. The molecule has 7 nitrogen and oxygen atoms in total. The zero-order valence-corrected chi connectivity index (χ0v) is 14.7. The predicted molar refractivity (Wildman–Crippen MR) is 88.7 cm³/mol. The fourth-order valence-electron chi connectivity index (χ4n) is 1.90. The van der Waals surface area contributed by atoms with Crippen LogP contribution >= 0.6 is 0 Å². The van der Waals surface area contributed by atoms with Crippen LogP contribution in [0.5, 0.6) is 5.75 Å². The van der Waals surface area contributed by atoms with E-state index in [2.05, 4.69) is 5.32 Å². The summed E-state index contributed by atoms with van der Waals surface area (Å²) >= 11 is 0. The van der Waals surface area contributed by atoms with Crippen molar-refractivity contribution in [3.63, 3.8) is 0 Å². The lowest BCUT2D eigenvalue weighted by molar-refractivity contribution is -0.153. The van der Waals surface area contributed by atoms with Gasteiger partial charge in [0.25, 0.3) is 11.8 Å². The number of likely N-dealkylation sites (N-methyl/N-ethyl adjacent to an activating group) is 1. The first kappa shape index (κ1) is 19.5. The molecule has 1 rings (SSSR count). The first-order valence-corrected chi connectivity index (χ1v) is 7.58. The largest absolute Gasteiger partial charge is 0.496 e. The number of benzene rings is 1. The average Bonchev–Trinajstić information content (AvgIpc) is 2.56. The molecule has 1 aromatic carbocycles. The number of rotatable bonds is 7. The van der Waals surface area contributed by atoms with Crippen molar-refractivity contribution in [2.45, 2.75) is 19.9 Å². The van der Waals surface area contributed by atoms with Gasteiger partial charge in [-0.1, -0.05) is 26.0 Å². The molecule has 7 heteroatoms. The molecule has 0 aliphatic carbocycles. The van der Waals surface area contributed by atoms with Gasteiger partial charge in [0.15, 0.2) is 6.61 Å². The molecule has 0 radical (unpaired) electrons. The Morgan fingerprint density at radius 1 is 1.17 bits per heavy atom. The van der Waals surface area contributed by atoms with Crippen molar-refractivity contribution in [2.75, 3.05) is 27.8 Å². The van der Waals surface area contributed by atoms with Crippen LogP contribution in [0.4, 0.5) is 0 Å². The Hall–Kier alpha value is -2.57. The van der Waals surface area contributed by atoms with Crippen LogP contribution in [0, 0.1) is 5.92 Å². The Kier molecular flexibility index (Phi) is 7.23. The molecule has 2 amide bonds. The van der Waals surface area contributed by atoms with Crippen LogP contribution in [0.2, 0.25) is 0 Å². The highest BCUT2D eigenvalue weighted by Crippen LogP contribution is 2.17. The summed E-state index contributed by atoms with van der Waals surface area (Å²) in [5.74, 6) is -1.22. The highest BCUT2D eigenvalue weighted by Gasteiger charge is 2.27. The normalized spacial score (nSPS) is 11.6. The molecule has 24 heavy (non-hydrogen) atoms. The van der Waals surface area contributed by atoms with Crippen molar-refractivity contribution in [3.05, 3.63) is 29.8 Å². The first-order valence-electron chi connectivity index (χ1n) is 7.58. The van der Waals surface area contributed by atoms with Gasteiger partial charge in [0.05, 0.1) is 12.7 Å². The number of nitrogens with zero attached hydrogens (tertiary/aromatic N) is 1. The Morgan fingerprint density at radius 2 is 1.79 bits per heavy atom. The maximum atomic E-state index is 12.4. The Morgan fingerprint density at radius 3 is 2.33 bits per heavy atom. The van der Waals surface area contributed by atoms with Crippen molar-refractivity contribution in [3.8, 4) is 5.75 Å². The molecule has 0 aromatic heterocycles. The maximum Gasteiger partial charge on any atom is 0.329 e. The van der Waals surface area contributed by atoms with Gasteiger partial charge >= 0.3 is 5.97 Å². The van der Waals surface area contributed by atoms with Gasteiger partial charge in [-0.25, -0.2) is 4.79 Å². The lowest BCUT2D eigenvalue weighted by Crippen LogP contribution is -2.46. The van der Waals surface area contributed by atoms with E-state index in [4.69, 9.17) is 9.47 Å². The van der Waals surface area contributed by atoms with Crippen LogP contribution in [-0.2, 0) is 14.3 Å². The van der Waals surface area contributed by atoms with Crippen molar-refractivity contribution in [1.29, 1.82) is 0 Å². The maximum absolute atomic E-state index is 12.4. The quantitative estimate of drug-likeness (QED) is 0.753. The Labute approximate surface area is 141 Å². The summed E-state index contributed by atoms with van der Waals surface area (Å²) in [4.78, 5) is 37.4.